The molecule has 1 heterocycles. The first-order valence-electron chi connectivity index (χ1n) is 20.1. The van der Waals surface area contributed by atoms with Gasteiger partial charge in [-0.05, 0) is 123 Å². The van der Waals surface area contributed by atoms with E-state index in [9.17, 15) is 9.59 Å². The minimum absolute atomic E-state index is 0.136. The molecular formula is C45H55N3O6S. The van der Waals surface area contributed by atoms with Crippen LogP contribution in [0.4, 0.5) is 5.13 Å². The van der Waals surface area contributed by atoms with E-state index in [4.69, 9.17) is 18.9 Å². The number of thiazole rings is 1. The largest absolute Gasteiger partial charge is 0.493 e. The number of para-hydroxylation sites is 1. The molecule has 0 radical (unpaired) electrons. The summed E-state index contributed by atoms with van der Waals surface area (Å²) in [6.45, 7) is 6.92. The molecule has 2 saturated carbocycles. The maximum atomic E-state index is 13.0. The molecule has 2 aliphatic rings. The smallest absolute Gasteiger partial charge is 0.330 e. The molecule has 0 bridgehead atoms. The van der Waals surface area contributed by atoms with E-state index in [2.05, 4.69) is 53.3 Å². The van der Waals surface area contributed by atoms with Crippen LogP contribution in [0.1, 0.15) is 107 Å². The maximum absolute atomic E-state index is 13.0. The summed E-state index contributed by atoms with van der Waals surface area (Å²) in [7, 11) is 0. The summed E-state index contributed by atoms with van der Waals surface area (Å²) in [6, 6.07) is 21.8. The number of carbonyl (C=O) groups excluding carboxylic acids is 2. The van der Waals surface area contributed by atoms with Crippen LogP contribution in [0, 0.1) is 17.8 Å². The Bertz CT molecular complexity index is 1820. The van der Waals surface area contributed by atoms with Crippen LogP contribution in [0.25, 0.3) is 10.2 Å². The average Bonchev–Trinajstić information content (AvgIpc) is 3.64. The zero-order chi connectivity index (χ0) is 38.2. The molecule has 0 spiro atoms. The number of fused-ring (bicyclic) bond motifs is 1. The molecule has 1 N–H and O–H groups in total. The predicted octanol–water partition coefficient (Wildman–Crippen LogP) is 10.9. The summed E-state index contributed by atoms with van der Waals surface area (Å²) in [6.07, 6.45) is 17.4. The fourth-order valence-corrected chi connectivity index (χ4v) is 8.47. The van der Waals surface area contributed by atoms with Crippen LogP contribution in [0.5, 0.6) is 17.2 Å². The molecule has 292 valence electrons. The van der Waals surface area contributed by atoms with E-state index in [1.54, 1.807) is 35.6 Å². The summed E-state index contributed by atoms with van der Waals surface area (Å²) < 4.78 is 24.0. The third kappa shape index (κ3) is 12.1. The van der Waals surface area contributed by atoms with Gasteiger partial charge in [-0.2, -0.15) is 5.10 Å². The minimum Gasteiger partial charge on any atom is -0.493 e. The standard InChI is InChI=1S/C45H55N3O6S/c1-3-5-6-10-32-13-17-34(18-14-32)36-21-26-41(37(29-36)30-46-48-45-47-40-11-7-8-12-42(40)55-45)53-31-33-15-19-35(20-16-33)44(50)54-39-24-22-38(23-25-39)51-27-9-28-52-43(49)4-2/h4,7-8,11-12,21-26,29-30,32-35H,2-3,5-6,9-10,13-20,27-28,31H2,1H3,(H,47,48)/b46-30+. The highest BCUT2D eigenvalue weighted by atomic mass is 32.1. The van der Waals surface area contributed by atoms with Gasteiger partial charge in [-0.1, -0.05) is 68.7 Å². The number of ether oxygens (including phenoxy) is 4. The molecule has 0 aliphatic heterocycles. The first kappa shape index (κ1) is 40.0. The lowest BCUT2D eigenvalue weighted by molar-refractivity contribution is -0.140. The van der Waals surface area contributed by atoms with Gasteiger partial charge < -0.3 is 18.9 Å². The molecule has 1 aromatic heterocycles. The molecule has 0 amide bonds. The molecule has 3 aromatic carbocycles. The van der Waals surface area contributed by atoms with E-state index in [1.807, 2.05) is 24.4 Å². The second kappa shape index (κ2) is 20.8. The van der Waals surface area contributed by atoms with Crippen molar-refractivity contribution >= 4 is 44.8 Å². The van der Waals surface area contributed by atoms with E-state index in [0.29, 0.717) is 43.0 Å². The van der Waals surface area contributed by atoms with Crippen molar-refractivity contribution in [3.8, 4) is 17.2 Å². The van der Waals surface area contributed by atoms with Gasteiger partial charge in [0.2, 0.25) is 5.13 Å². The Morgan fingerprint density at radius 2 is 1.64 bits per heavy atom. The van der Waals surface area contributed by atoms with Gasteiger partial charge in [0.15, 0.2) is 0 Å². The number of hydrogen-bond donors (Lipinski definition) is 1. The van der Waals surface area contributed by atoms with Crippen molar-refractivity contribution in [1.82, 2.24) is 4.98 Å². The van der Waals surface area contributed by atoms with Gasteiger partial charge in [0, 0.05) is 18.1 Å². The Balaban J connectivity index is 0.993. The summed E-state index contributed by atoms with van der Waals surface area (Å²) >= 11 is 1.59. The molecule has 2 fully saturated rings. The fraction of sp³-hybridized carbons (Fsp3) is 0.467. The first-order chi connectivity index (χ1) is 27.0. The first-order valence-corrected chi connectivity index (χ1v) is 20.9. The number of nitrogens with zero attached hydrogens (tertiary/aromatic N) is 2. The van der Waals surface area contributed by atoms with Gasteiger partial charge in [-0.3, -0.25) is 10.2 Å². The highest BCUT2D eigenvalue weighted by molar-refractivity contribution is 7.22. The third-order valence-corrected chi connectivity index (χ3v) is 11.8. The van der Waals surface area contributed by atoms with E-state index >= 15 is 0 Å². The van der Waals surface area contributed by atoms with Crippen molar-refractivity contribution in [2.45, 2.75) is 96.3 Å². The van der Waals surface area contributed by atoms with Crippen LogP contribution in [-0.2, 0) is 14.3 Å². The van der Waals surface area contributed by atoms with Crippen LogP contribution < -0.4 is 19.6 Å². The third-order valence-electron chi connectivity index (χ3n) is 10.9. The summed E-state index contributed by atoms with van der Waals surface area (Å²) in [5.41, 5.74) is 6.45. The van der Waals surface area contributed by atoms with Crippen molar-refractivity contribution < 1.29 is 28.5 Å². The van der Waals surface area contributed by atoms with E-state index in [1.165, 1.54) is 56.9 Å². The Labute approximate surface area is 329 Å². The van der Waals surface area contributed by atoms with Gasteiger partial charge in [0.05, 0.1) is 42.2 Å². The van der Waals surface area contributed by atoms with Crippen molar-refractivity contribution in [2.75, 3.05) is 25.2 Å². The lowest BCUT2D eigenvalue weighted by Crippen LogP contribution is -2.27. The zero-order valence-corrected chi connectivity index (χ0v) is 32.9. The van der Waals surface area contributed by atoms with Crippen LogP contribution in [0.3, 0.4) is 0 Å². The Hall–Kier alpha value is -4.70. The van der Waals surface area contributed by atoms with Crippen molar-refractivity contribution in [3.63, 3.8) is 0 Å². The van der Waals surface area contributed by atoms with E-state index in [-0.39, 0.29) is 18.5 Å². The SMILES string of the molecule is C=CC(=O)OCCCOc1ccc(OC(=O)C2CCC(COc3ccc(C4CCC(CCCCC)CC4)cc3/C=N/Nc3nc4ccccc4s3)CC2)cc1. The Morgan fingerprint density at radius 3 is 2.40 bits per heavy atom. The van der Waals surface area contributed by atoms with Crippen LogP contribution in [-0.4, -0.2) is 43.0 Å². The quantitative estimate of drug-likeness (QED) is 0.0251. The van der Waals surface area contributed by atoms with Crippen molar-refractivity contribution in [2.24, 2.45) is 22.9 Å². The fourth-order valence-electron chi connectivity index (χ4n) is 7.65. The molecule has 0 atom stereocenters. The van der Waals surface area contributed by atoms with Crippen LogP contribution >= 0.6 is 11.3 Å². The number of nitrogens with one attached hydrogen (secondary N) is 1. The van der Waals surface area contributed by atoms with Crippen molar-refractivity contribution in [1.29, 1.82) is 0 Å². The predicted molar refractivity (Wildman–Crippen MR) is 220 cm³/mol. The van der Waals surface area contributed by atoms with Crippen LogP contribution in [0.2, 0.25) is 0 Å². The van der Waals surface area contributed by atoms with Gasteiger partial charge in [-0.15, -0.1) is 0 Å². The summed E-state index contributed by atoms with van der Waals surface area (Å²) in [4.78, 5) is 28.8. The zero-order valence-electron chi connectivity index (χ0n) is 32.1. The molecule has 55 heavy (non-hydrogen) atoms. The number of hydrazone groups is 1. The molecule has 4 aromatic rings. The lowest BCUT2D eigenvalue weighted by atomic mass is 9.77. The second-order valence-electron chi connectivity index (χ2n) is 14.9. The van der Waals surface area contributed by atoms with Gasteiger partial charge in [0.1, 0.15) is 17.2 Å². The molecule has 0 saturated heterocycles. The van der Waals surface area contributed by atoms with E-state index in [0.717, 1.165) is 64.3 Å². The van der Waals surface area contributed by atoms with Gasteiger partial charge in [-0.25, -0.2) is 9.78 Å². The number of anilines is 1. The molecule has 6 rings (SSSR count). The topological polar surface area (TPSA) is 108 Å². The summed E-state index contributed by atoms with van der Waals surface area (Å²) in [5.74, 6) is 3.00. The number of rotatable bonds is 19. The number of benzene rings is 3. The lowest BCUT2D eigenvalue weighted by Gasteiger charge is -2.29. The molecule has 9 nitrogen and oxygen atoms in total. The summed E-state index contributed by atoms with van der Waals surface area (Å²) in [5, 5.41) is 5.38. The molecule has 2 aliphatic carbocycles. The number of carbonyl (C=O) groups is 2. The molecular weight excluding hydrogens is 711 g/mol. The number of esters is 2. The average molecular weight is 766 g/mol. The number of aromatic nitrogens is 1. The number of hydrogen-bond acceptors (Lipinski definition) is 10. The molecule has 10 heteroatoms. The molecule has 0 unspecified atom stereocenters. The van der Waals surface area contributed by atoms with Crippen LogP contribution in [0.15, 0.2) is 84.5 Å². The monoisotopic (exact) mass is 765 g/mol. The Morgan fingerprint density at radius 1 is 0.873 bits per heavy atom. The second-order valence-corrected chi connectivity index (χ2v) is 15.9. The van der Waals surface area contributed by atoms with Crippen molar-refractivity contribution in [3.05, 3.63) is 90.5 Å². The van der Waals surface area contributed by atoms with E-state index < -0.39 is 5.97 Å². The maximum Gasteiger partial charge on any atom is 0.330 e. The number of unbranched alkanes of at least 4 members (excludes halogenated alkanes) is 2. The normalized spacial score (nSPS) is 19.9. The van der Waals surface area contributed by atoms with Gasteiger partial charge in [0.25, 0.3) is 0 Å². The highest BCUT2D eigenvalue weighted by Gasteiger charge is 2.29. The van der Waals surface area contributed by atoms with Gasteiger partial charge >= 0.3 is 11.9 Å². The highest BCUT2D eigenvalue weighted by Crippen LogP contribution is 2.39. The Kier molecular flexibility index (Phi) is 15.1. The minimum atomic E-state index is -0.445.